The Kier molecular flexibility index (Phi) is 2.71. The average molecular weight is 193 g/mol. The van der Waals surface area contributed by atoms with E-state index < -0.39 is 0 Å². The van der Waals surface area contributed by atoms with Gasteiger partial charge in [-0.3, -0.25) is 0 Å². The van der Waals surface area contributed by atoms with Crippen LogP contribution in [-0.2, 0) is 0 Å². The van der Waals surface area contributed by atoms with Crippen LogP contribution in [-0.4, -0.2) is 6.54 Å². The Morgan fingerprint density at radius 3 is 2.86 bits per heavy atom. The molecule has 1 aliphatic rings. The van der Waals surface area contributed by atoms with E-state index in [-0.39, 0.29) is 5.82 Å². The maximum atomic E-state index is 13.3. The number of aryl methyl sites for hydroxylation is 1. The van der Waals surface area contributed by atoms with Gasteiger partial charge in [0.25, 0.3) is 0 Å². The molecule has 0 saturated heterocycles. The zero-order valence-electron chi connectivity index (χ0n) is 8.52. The van der Waals surface area contributed by atoms with Crippen LogP contribution in [0.4, 0.5) is 10.1 Å². The van der Waals surface area contributed by atoms with E-state index in [1.807, 2.05) is 13.0 Å². The molecule has 2 rings (SSSR count). The first kappa shape index (κ1) is 9.50. The van der Waals surface area contributed by atoms with Gasteiger partial charge in [0.15, 0.2) is 0 Å². The molecule has 1 aromatic rings. The second-order valence-electron chi connectivity index (χ2n) is 4.16. The second-order valence-corrected chi connectivity index (χ2v) is 4.16. The van der Waals surface area contributed by atoms with Crippen LogP contribution < -0.4 is 5.32 Å². The molecule has 1 saturated carbocycles. The van der Waals surface area contributed by atoms with Gasteiger partial charge in [-0.05, 0) is 43.4 Å². The van der Waals surface area contributed by atoms with Crippen LogP contribution in [0.25, 0.3) is 0 Å². The summed E-state index contributed by atoms with van der Waals surface area (Å²) in [5.74, 6) is 0.616. The molecule has 0 bridgehead atoms. The van der Waals surface area contributed by atoms with Crippen LogP contribution in [0.15, 0.2) is 18.2 Å². The van der Waals surface area contributed by atoms with Gasteiger partial charge in [0, 0.05) is 6.54 Å². The van der Waals surface area contributed by atoms with Crippen LogP contribution in [0, 0.1) is 18.7 Å². The SMILES string of the molecule is Cc1ccc(F)c(NCC2CCC2)c1. The number of halogens is 1. The summed E-state index contributed by atoms with van der Waals surface area (Å²) in [6.45, 7) is 2.90. The first-order chi connectivity index (χ1) is 6.75. The molecule has 0 unspecified atom stereocenters. The van der Waals surface area contributed by atoms with E-state index in [0.717, 1.165) is 18.0 Å². The molecule has 2 heteroatoms. The van der Waals surface area contributed by atoms with Crippen molar-refractivity contribution in [3.63, 3.8) is 0 Å². The summed E-state index contributed by atoms with van der Waals surface area (Å²) in [6.07, 6.45) is 3.92. The molecule has 1 aromatic carbocycles. The monoisotopic (exact) mass is 193 g/mol. The van der Waals surface area contributed by atoms with Crippen molar-refractivity contribution in [2.24, 2.45) is 5.92 Å². The predicted octanol–water partition coefficient (Wildman–Crippen LogP) is 3.35. The molecule has 0 atom stereocenters. The fraction of sp³-hybridized carbons (Fsp3) is 0.500. The standard InChI is InChI=1S/C12H16FN/c1-9-5-6-11(13)12(7-9)14-8-10-3-2-4-10/h5-7,10,14H,2-4,8H2,1H3. The molecule has 0 amide bonds. The number of hydrogen-bond donors (Lipinski definition) is 1. The largest absolute Gasteiger partial charge is 0.382 e. The van der Waals surface area contributed by atoms with Crippen molar-refractivity contribution >= 4 is 5.69 Å². The zero-order chi connectivity index (χ0) is 9.97. The summed E-state index contributed by atoms with van der Waals surface area (Å²) in [6, 6.07) is 5.19. The topological polar surface area (TPSA) is 12.0 Å². The van der Waals surface area contributed by atoms with Gasteiger partial charge in [-0.15, -0.1) is 0 Å². The number of rotatable bonds is 3. The number of hydrogen-bond acceptors (Lipinski definition) is 1. The van der Waals surface area contributed by atoms with Crippen LogP contribution in [0.3, 0.4) is 0 Å². The van der Waals surface area contributed by atoms with Gasteiger partial charge < -0.3 is 5.32 Å². The number of anilines is 1. The summed E-state index contributed by atoms with van der Waals surface area (Å²) < 4.78 is 13.3. The maximum Gasteiger partial charge on any atom is 0.146 e. The maximum absolute atomic E-state index is 13.3. The molecule has 76 valence electrons. The Bertz CT molecular complexity index is 318. The van der Waals surface area contributed by atoms with Gasteiger partial charge in [0.2, 0.25) is 0 Å². The van der Waals surface area contributed by atoms with Crippen molar-refractivity contribution in [3.05, 3.63) is 29.6 Å². The van der Waals surface area contributed by atoms with E-state index in [4.69, 9.17) is 0 Å². The Morgan fingerprint density at radius 2 is 2.21 bits per heavy atom. The second kappa shape index (κ2) is 3.99. The van der Waals surface area contributed by atoms with E-state index in [0.29, 0.717) is 5.69 Å². The van der Waals surface area contributed by atoms with Gasteiger partial charge in [-0.2, -0.15) is 0 Å². The lowest BCUT2D eigenvalue weighted by Gasteiger charge is -2.26. The van der Waals surface area contributed by atoms with Crippen LogP contribution >= 0.6 is 0 Å². The number of benzene rings is 1. The normalized spacial score (nSPS) is 16.4. The minimum atomic E-state index is -0.144. The summed E-state index contributed by atoms with van der Waals surface area (Å²) in [5.41, 5.74) is 1.75. The minimum absolute atomic E-state index is 0.144. The van der Waals surface area contributed by atoms with Crippen LogP contribution in [0.5, 0.6) is 0 Å². The Balaban J connectivity index is 1.96. The highest BCUT2D eigenvalue weighted by Crippen LogP contribution is 2.27. The van der Waals surface area contributed by atoms with Crippen molar-refractivity contribution in [2.45, 2.75) is 26.2 Å². The summed E-state index contributed by atoms with van der Waals surface area (Å²) in [5, 5.41) is 3.18. The van der Waals surface area contributed by atoms with Gasteiger partial charge >= 0.3 is 0 Å². The molecule has 0 radical (unpaired) electrons. The van der Waals surface area contributed by atoms with E-state index in [2.05, 4.69) is 5.32 Å². The molecule has 1 fully saturated rings. The van der Waals surface area contributed by atoms with E-state index in [1.165, 1.54) is 25.3 Å². The molecule has 14 heavy (non-hydrogen) atoms. The van der Waals surface area contributed by atoms with Crippen molar-refractivity contribution in [2.75, 3.05) is 11.9 Å². The molecule has 1 N–H and O–H groups in total. The zero-order valence-corrected chi connectivity index (χ0v) is 8.52. The minimum Gasteiger partial charge on any atom is -0.382 e. The third-order valence-electron chi connectivity index (χ3n) is 2.93. The highest BCUT2D eigenvalue weighted by Gasteiger charge is 2.17. The van der Waals surface area contributed by atoms with Gasteiger partial charge in [-0.25, -0.2) is 4.39 Å². The van der Waals surface area contributed by atoms with E-state index >= 15 is 0 Å². The third kappa shape index (κ3) is 2.06. The Morgan fingerprint density at radius 1 is 1.43 bits per heavy atom. The average Bonchev–Trinajstić information content (AvgIpc) is 2.08. The van der Waals surface area contributed by atoms with Crippen molar-refractivity contribution in [1.29, 1.82) is 0 Å². The lowest BCUT2D eigenvalue weighted by Crippen LogP contribution is -2.21. The molecule has 0 aromatic heterocycles. The Hall–Kier alpha value is -1.05. The summed E-state index contributed by atoms with van der Waals surface area (Å²) >= 11 is 0. The quantitative estimate of drug-likeness (QED) is 0.776. The lowest BCUT2D eigenvalue weighted by molar-refractivity contribution is 0.333. The van der Waals surface area contributed by atoms with Crippen molar-refractivity contribution in [3.8, 4) is 0 Å². The molecule has 1 aliphatic carbocycles. The Labute approximate surface area is 84.3 Å². The third-order valence-corrected chi connectivity index (χ3v) is 2.93. The molecular formula is C12H16FN. The molecule has 0 aliphatic heterocycles. The number of nitrogens with one attached hydrogen (secondary N) is 1. The predicted molar refractivity (Wildman–Crippen MR) is 57.0 cm³/mol. The van der Waals surface area contributed by atoms with E-state index in [1.54, 1.807) is 6.07 Å². The first-order valence-electron chi connectivity index (χ1n) is 5.26. The first-order valence-corrected chi connectivity index (χ1v) is 5.26. The molecule has 0 spiro atoms. The van der Waals surface area contributed by atoms with Crippen LogP contribution in [0.2, 0.25) is 0 Å². The highest BCUT2D eigenvalue weighted by molar-refractivity contribution is 5.47. The van der Waals surface area contributed by atoms with Crippen molar-refractivity contribution in [1.82, 2.24) is 0 Å². The summed E-state index contributed by atoms with van der Waals surface area (Å²) in [7, 11) is 0. The highest BCUT2D eigenvalue weighted by atomic mass is 19.1. The van der Waals surface area contributed by atoms with Crippen LogP contribution in [0.1, 0.15) is 24.8 Å². The van der Waals surface area contributed by atoms with Crippen molar-refractivity contribution < 1.29 is 4.39 Å². The van der Waals surface area contributed by atoms with Gasteiger partial charge in [0.05, 0.1) is 5.69 Å². The van der Waals surface area contributed by atoms with E-state index in [9.17, 15) is 4.39 Å². The molecular weight excluding hydrogens is 177 g/mol. The van der Waals surface area contributed by atoms with Gasteiger partial charge in [-0.1, -0.05) is 12.5 Å². The fourth-order valence-corrected chi connectivity index (χ4v) is 1.73. The summed E-state index contributed by atoms with van der Waals surface area (Å²) in [4.78, 5) is 0. The molecule has 0 heterocycles. The lowest BCUT2D eigenvalue weighted by atomic mass is 9.85. The van der Waals surface area contributed by atoms with Gasteiger partial charge in [0.1, 0.15) is 5.82 Å². The smallest absolute Gasteiger partial charge is 0.146 e. The molecule has 1 nitrogen and oxygen atoms in total. The fourth-order valence-electron chi connectivity index (χ4n) is 1.73.